The summed E-state index contributed by atoms with van der Waals surface area (Å²) in [5.74, 6) is -0.0642. The van der Waals surface area contributed by atoms with Gasteiger partial charge in [-0.25, -0.2) is 0 Å². The molecule has 0 bridgehead atoms. The second-order valence-corrected chi connectivity index (χ2v) is 20.7. The normalized spacial score (nSPS) is 12.6. The van der Waals surface area contributed by atoms with Gasteiger partial charge in [0.2, 0.25) is 5.91 Å². The lowest BCUT2D eigenvalue weighted by molar-refractivity contribution is -0.143. The van der Waals surface area contributed by atoms with E-state index in [9.17, 15) is 19.8 Å². The van der Waals surface area contributed by atoms with Gasteiger partial charge in [0.05, 0.1) is 25.4 Å². The summed E-state index contributed by atoms with van der Waals surface area (Å²) in [6.45, 7) is 4.93. The number of hydrogen-bond donors (Lipinski definition) is 3. The number of nitrogens with one attached hydrogen (secondary N) is 1. The number of aliphatic hydroxyl groups excluding tert-OH is 2. The number of carbonyl (C=O) groups is 2. The van der Waals surface area contributed by atoms with Crippen LogP contribution in [-0.2, 0) is 14.3 Å². The molecule has 0 aromatic rings. The molecule has 6 nitrogen and oxygen atoms in total. The van der Waals surface area contributed by atoms with E-state index in [2.05, 4.69) is 31.3 Å². The molecule has 66 heavy (non-hydrogen) atoms. The van der Waals surface area contributed by atoms with Crippen LogP contribution in [0.25, 0.3) is 0 Å². The van der Waals surface area contributed by atoms with Gasteiger partial charge in [0, 0.05) is 12.8 Å². The third-order valence-electron chi connectivity index (χ3n) is 14.1. The summed E-state index contributed by atoms with van der Waals surface area (Å²) in [5, 5.41) is 23.4. The van der Waals surface area contributed by atoms with E-state index in [0.717, 1.165) is 57.8 Å². The summed E-state index contributed by atoms with van der Waals surface area (Å²) in [4.78, 5) is 24.5. The number of aliphatic hydroxyl groups is 2. The minimum atomic E-state index is -0.675. The predicted octanol–water partition coefficient (Wildman–Crippen LogP) is 18.5. The topological polar surface area (TPSA) is 95.9 Å². The van der Waals surface area contributed by atoms with E-state index in [0.29, 0.717) is 25.9 Å². The average molecular weight is 933 g/mol. The first-order valence-corrected chi connectivity index (χ1v) is 29.9. The summed E-state index contributed by atoms with van der Waals surface area (Å²) in [6, 6.07) is -0.554. The van der Waals surface area contributed by atoms with Crippen LogP contribution in [0.5, 0.6) is 0 Å². The molecule has 0 aromatic heterocycles. The van der Waals surface area contributed by atoms with Crippen molar-refractivity contribution in [2.24, 2.45) is 0 Å². The van der Waals surface area contributed by atoms with Gasteiger partial charge in [0.1, 0.15) is 0 Å². The Kier molecular flexibility index (Phi) is 55.0. The Hall–Kier alpha value is -1.40. The van der Waals surface area contributed by atoms with Crippen molar-refractivity contribution in [3.05, 3.63) is 12.2 Å². The van der Waals surface area contributed by atoms with Gasteiger partial charge in [-0.1, -0.05) is 283 Å². The van der Waals surface area contributed by atoms with Crippen molar-refractivity contribution in [2.45, 2.75) is 347 Å². The molecular formula is C60H117NO5. The standard InChI is InChI=1S/C60H117NO5/c1-3-5-7-9-11-13-15-17-18-19-20-21-22-23-24-25-26-27-29-32-36-40-44-48-52-58(63)57(56-62)61-59(64)53-49-45-41-37-33-30-31-35-39-43-47-51-55-66-60(65)54-50-46-42-38-34-28-16-14-12-10-8-6-4-2/h14,16,57-58,62-63H,3-13,15,17-56H2,1-2H3,(H,61,64)/b16-14-. The van der Waals surface area contributed by atoms with Crippen LogP contribution >= 0.6 is 0 Å². The summed E-state index contributed by atoms with van der Waals surface area (Å²) in [7, 11) is 0. The van der Waals surface area contributed by atoms with Gasteiger partial charge in [-0.3, -0.25) is 9.59 Å². The molecule has 0 saturated heterocycles. The van der Waals surface area contributed by atoms with Crippen LogP contribution in [0.2, 0.25) is 0 Å². The Bertz CT molecular complexity index is 986. The molecule has 392 valence electrons. The number of esters is 1. The molecule has 0 aromatic carbocycles. The predicted molar refractivity (Wildman–Crippen MR) is 287 cm³/mol. The number of carbonyl (C=O) groups excluding carboxylic acids is 2. The fourth-order valence-corrected chi connectivity index (χ4v) is 9.46. The van der Waals surface area contributed by atoms with E-state index in [4.69, 9.17) is 4.74 Å². The number of amides is 1. The first-order chi connectivity index (χ1) is 32.5. The second-order valence-electron chi connectivity index (χ2n) is 20.7. The van der Waals surface area contributed by atoms with Gasteiger partial charge in [-0.15, -0.1) is 0 Å². The maximum atomic E-state index is 12.5. The molecule has 3 N–H and O–H groups in total. The Morgan fingerprint density at radius 3 is 1.09 bits per heavy atom. The molecule has 0 aliphatic carbocycles. The largest absolute Gasteiger partial charge is 0.466 e. The van der Waals surface area contributed by atoms with Crippen molar-refractivity contribution in [2.75, 3.05) is 13.2 Å². The van der Waals surface area contributed by atoms with Crippen LogP contribution < -0.4 is 5.32 Å². The lowest BCUT2D eigenvalue weighted by Crippen LogP contribution is -2.45. The van der Waals surface area contributed by atoms with Gasteiger partial charge >= 0.3 is 5.97 Å². The van der Waals surface area contributed by atoms with Gasteiger partial charge in [-0.2, -0.15) is 0 Å². The Labute approximate surface area is 412 Å². The van der Waals surface area contributed by atoms with Crippen LogP contribution in [-0.4, -0.2) is 47.4 Å². The SMILES string of the molecule is CCCCCC/C=C\CCCCCCCC(=O)OCCCCCCCCCCCCCCC(=O)NC(CO)C(O)CCCCCCCCCCCCCCCCCCCCCCCCCC. The minimum Gasteiger partial charge on any atom is -0.466 e. The van der Waals surface area contributed by atoms with Gasteiger partial charge in [0.15, 0.2) is 0 Å². The number of unbranched alkanes of at least 4 members (excludes halogenated alkanes) is 43. The molecule has 0 aliphatic rings. The van der Waals surface area contributed by atoms with Crippen LogP contribution in [0.3, 0.4) is 0 Å². The number of rotatable bonds is 56. The van der Waals surface area contributed by atoms with Crippen molar-refractivity contribution in [3.63, 3.8) is 0 Å². The van der Waals surface area contributed by atoms with Crippen LogP contribution in [0, 0.1) is 0 Å². The summed E-state index contributed by atoms with van der Waals surface area (Å²) in [6.07, 6.45) is 66.3. The molecule has 0 radical (unpaired) electrons. The van der Waals surface area contributed by atoms with E-state index in [1.54, 1.807) is 0 Å². The lowest BCUT2D eigenvalue weighted by atomic mass is 10.0. The average Bonchev–Trinajstić information content (AvgIpc) is 3.32. The third-order valence-corrected chi connectivity index (χ3v) is 14.1. The van der Waals surface area contributed by atoms with E-state index >= 15 is 0 Å². The van der Waals surface area contributed by atoms with Crippen molar-refractivity contribution in [1.29, 1.82) is 0 Å². The first kappa shape index (κ1) is 64.6. The molecule has 0 heterocycles. The minimum absolute atomic E-state index is 0.0172. The monoisotopic (exact) mass is 932 g/mol. The van der Waals surface area contributed by atoms with Gasteiger partial charge in [-0.05, 0) is 51.4 Å². The molecule has 6 heteroatoms. The van der Waals surface area contributed by atoms with Crippen molar-refractivity contribution in [3.8, 4) is 0 Å². The molecule has 2 unspecified atom stereocenters. The molecule has 0 spiro atoms. The van der Waals surface area contributed by atoms with E-state index < -0.39 is 12.1 Å². The zero-order valence-electron chi connectivity index (χ0n) is 44.7. The molecule has 1 amide bonds. The first-order valence-electron chi connectivity index (χ1n) is 29.9. The fraction of sp³-hybridized carbons (Fsp3) is 0.933. The maximum Gasteiger partial charge on any atom is 0.305 e. The van der Waals surface area contributed by atoms with Crippen LogP contribution in [0.1, 0.15) is 335 Å². The Morgan fingerprint density at radius 2 is 0.712 bits per heavy atom. The molecule has 0 rings (SSSR count). The molecule has 0 fully saturated rings. The lowest BCUT2D eigenvalue weighted by Gasteiger charge is -2.22. The quantitative estimate of drug-likeness (QED) is 0.0321. The number of ether oxygens (including phenoxy) is 1. The Balaban J connectivity index is 3.44. The highest BCUT2D eigenvalue weighted by molar-refractivity contribution is 5.76. The fourth-order valence-electron chi connectivity index (χ4n) is 9.46. The summed E-state index contributed by atoms with van der Waals surface area (Å²) >= 11 is 0. The maximum absolute atomic E-state index is 12.5. The smallest absolute Gasteiger partial charge is 0.305 e. The number of allylic oxidation sites excluding steroid dienone is 2. The molecule has 0 saturated carbocycles. The van der Waals surface area contributed by atoms with Gasteiger partial charge < -0.3 is 20.3 Å². The van der Waals surface area contributed by atoms with Gasteiger partial charge in [0.25, 0.3) is 0 Å². The van der Waals surface area contributed by atoms with E-state index in [1.807, 2.05) is 0 Å². The van der Waals surface area contributed by atoms with Crippen molar-refractivity contribution >= 4 is 11.9 Å². The Morgan fingerprint density at radius 1 is 0.409 bits per heavy atom. The third kappa shape index (κ3) is 52.0. The highest BCUT2D eigenvalue weighted by atomic mass is 16.5. The number of hydrogen-bond acceptors (Lipinski definition) is 5. The highest BCUT2D eigenvalue weighted by Crippen LogP contribution is 2.18. The second kappa shape index (κ2) is 56.2. The zero-order chi connectivity index (χ0) is 47.9. The highest BCUT2D eigenvalue weighted by Gasteiger charge is 2.20. The van der Waals surface area contributed by atoms with Crippen molar-refractivity contribution in [1.82, 2.24) is 5.32 Å². The van der Waals surface area contributed by atoms with Crippen molar-refractivity contribution < 1.29 is 24.5 Å². The summed E-state index contributed by atoms with van der Waals surface area (Å²) < 4.78 is 5.46. The van der Waals surface area contributed by atoms with Crippen LogP contribution in [0.15, 0.2) is 12.2 Å². The van der Waals surface area contributed by atoms with E-state index in [-0.39, 0.29) is 18.5 Å². The summed E-state index contributed by atoms with van der Waals surface area (Å²) in [5.41, 5.74) is 0. The zero-order valence-corrected chi connectivity index (χ0v) is 44.7. The van der Waals surface area contributed by atoms with E-state index in [1.165, 1.54) is 244 Å². The van der Waals surface area contributed by atoms with Crippen LogP contribution in [0.4, 0.5) is 0 Å². The molecule has 2 atom stereocenters. The molecular weight excluding hydrogens is 815 g/mol. The molecule has 0 aliphatic heterocycles.